The SMILES string of the molecule is COC(=O)N[C@H]1[C@@H](C)O[C@@H](O[C@H]2C/C=C(/C)[C@@H]3C=C[C@@H]4[C@@H](O[C@H]5C[C@@H](O[C@H]6C[C@@H](O[C@H]7C[C@@H](O)[C@@H](O)[C@H](C)O7)[C@@H](O[C@@H]7C[C@@H](O)[C@@H](OC)[C@H](C)O7)[C@H](C)O6)[C@@H](O)[C@H](C)O5)[C@@H](C)C[C@H](C)[C@H]4[C@]3(C)/C(O)=C3/C(=O)O[C@]4(C[C@@H](C)C(CO)=C[C@H]4/C=C\2C)C3=O)C[C@]1(C)[N+](=O)[O-]. The first-order valence-corrected chi connectivity index (χ1v) is 33.2. The number of fused-ring (bicyclic) bond motifs is 4. The van der Waals surface area contributed by atoms with E-state index in [-0.39, 0.29) is 63.4 Å². The Morgan fingerprint density at radius 1 is 0.688 bits per heavy atom. The lowest BCUT2D eigenvalue weighted by molar-refractivity contribution is -0.584. The molecular weight excluding hydrogens is 1220 g/mol. The number of hydrogen-bond acceptors (Lipinski definition) is 24. The number of nitrogens with one attached hydrogen (secondary N) is 1. The summed E-state index contributed by atoms with van der Waals surface area (Å²) in [6.07, 6.45) is -8.05. The number of carbonyl (C=O) groups is 3. The number of amides is 1. The van der Waals surface area contributed by atoms with Crippen molar-refractivity contribution in [3.63, 3.8) is 0 Å². The van der Waals surface area contributed by atoms with E-state index in [2.05, 4.69) is 25.2 Å². The average Bonchev–Trinajstić information content (AvgIpc) is 1.70. The van der Waals surface area contributed by atoms with Crippen molar-refractivity contribution in [1.29, 1.82) is 0 Å². The minimum Gasteiger partial charge on any atom is -0.511 e. The molecule has 0 aromatic rings. The Hall–Kier alpha value is -4.33. The van der Waals surface area contributed by atoms with E-state index >= 15 is 4.79 Å². The Labute approximate surface area is 543 Å². The molecule has 1 saturated carbocycles. The van der Waals surface area contributed by atoms with E-state index in [1.807, 2.05) is 32.9 Å². The van der Waals surface area contributed by atoms with Crippen LogP contribution in [0.2, 0.25) is 0 Å². The van der Waals surface area contributed by atoms with E-state index < -0.39 is 209 Å². The van der Waals surface area contributed by atoms with Crippen LogP contribution in [0.5, 0.6) is 0 Å². The molecular formula is C67H100N2O24. The Morgan fingerprint density at radius 2 is 1.28 bits per heavy atom. The van der Waals surface area contributed by atoms with Gasteiger partial charge < -0.3 is 97.5 Å². The van der Waals surface area contributed by atoms with Gasteiger partial charge in [0.05, 0.1) is 87.3 Å². The van der Waals surface area contributed by atoms with E-state index in [0.29, 0.717) is 17.6 Å². The predicted octanol–water partition coefficient (Wildman–Crippen LogP) is 5.45. The lowest BCUT2D eigenvalue weighted by Gasteiger charge is -2.56. The summed E-state index contributed by atoms with van der Waals surface area (Å²) in [5.41, 5.74) is -3.49. The maximum absolute atomic E-state index is 15.7. The van der Waals surface area contributed by atoms with Gasteiger partial charge in [-0.1, -0.05) is 63.6 Å². The molecule has 26 heteroatoms. The highest BCUT2D eigenvalue weighted by atomic mass is 16.8. The molecule has 0 aromatic carbocycles. The second-order valence-corrected chi connectivity index (χ2v) is 28.6. The van der Waals surface area contributed by atoms with Crippen LogP contribution in [0.4, 0.5) is 4.79 Å². The molecule has 0 unspecified atom stereocenters. The molecule has 1 amide bonds. The first kappa shape index (κ1) is 71.4. The summed E-state index contributed by atoms with van der Waals surface area (Å²) in [7, 11) is 2.66. The van der Waals surface area contributed by atoms with Crippen molar-refractivity contribution in [2.24, 2.45) is 46.8 Å². The van der Waals surface area contributed by atoms with Crippen LogP contribution in [-0.2, 0) is 71.2 Å². The first-order valence-electron chi connectivity index (χ1n) is 33.2. The number of alkyl carbamates (subject to hydrolysis) is 1. The van der Waals surface area contributed by atoms with Crippen LogP contribution in [-0.4, -0.2) is 214 Å². The van der Waals surface area contributed by atoms with Gasteiger partial charge in [0.2, 0.25) is 11.3 Å². The second-order valence-electron chi connectivity index (χ2n) is 28.6. The van der Waals surface area contributed by atoms with Crippen molar-refractivity contribution >= 4 is 17.8 Å². The molecule has 0 radical (unpaired) electrons. The summed E-state index contributed by atoms with van der Waals surface area (Å²) < 4.78 is 82.0. The molecule has 26 nitrogen and oxygen atoms in total. The third-order valence-corrected chi connectivity index (χ3v) is 22.3. The zero-order valence-corrected chi connectivity index (χ0v) is 55.9. The fraction of sp³-hybridized carbons (Fsp3) is 0.806. The van der Waals surface area contributed by atoms with E-state index in [1.165, 1.54) is 14.0 Å². The molecule has 522 valence electrons. The van der Waals surface area contributed by atoms with Crippen LogP contribution in [0.25, 0.3) is 0 Å². The van der Waals surface area contributed by atoms with Gasteiger partial charge in [0.15, 0.2) is 37.1 Å². The van der Waals surface area contributed by atoms with Crippen LogP contribution >= 0.6 is 0 Å². The Morgan fingerprint density at radius 3 is 1.92 bits per heavy atom. The third-order valence-electron chi connectivity index (χ3n) is 22.3. The number of allylic oxidation sites excluding steroid dienone is 3. The van der Waals surface area contributed by atoms with E-state index in [9.17, 15) is 50.3 Å². The topological polar surface area (TPSA) is 348 Å². The summed E-state index contributed by atoms with van der Waals surface area (Å²) in [6, 6.07) is -1.09. The largest absolute Gasteiger partial charge is 0.511 e. The summed E-state index contributed by atoms with van der Waals surface area (Å²) in [5, 5.41) is 83.6. The van der Waals surface area contributed by atoms with Crippen molar-refractivity contribution in [2.75, 3.05) is 20.8 Å². The van der Waals surface area contributed by atoms with Crippen LogP contribution in [0.1, 0.15) is 134 Å². The number of ketones is 1. The molecule has 10 aliphatic rings. The summed E-state index contributed by atoms with van der Waals surface area (Å²) in [6.45, 7) is 21.2. The van der Waals surface area contributed by atoms with Gasteiger partial charge in [0, 0.05) is 74.2 Å². The number of ether oxygens (including phenoxy) is 13. The van der Waals surface area contributed by atoms with Crippen LogP contribution in [0.15, 0.2) is 58.4 Å². The highest BCUT2D eigenvalue weighted by Crippen LogP contribution is 2.61. The lowest BCUT2D eigenvalue weighted by atomic mass is 9.49. The molecule has 1 spiro atoms. The molecule has 10 rings (SSSR count). The van der Waals surface area contributed by atoms with E-state index in [4.69, 9.17) is 61.6 Å². The molecule has 6 aliphatic heterocycles. The smallest absolute Gasteiger partial charge is 0.407 e. The Kier molecular flexibility index (Phi) is 21.7. The number of Topliss-reactive ketones (excluding diaryl/α,β-unsaturated/α-hetero) is 1. The maximum atomic E-state index is 15.7. The van der Waals surface area contributed by atoms with Gasteiger partial charge in [-0.3, -0.25) is 14.9 Å². The van der Waals surface area contributed by atoms with Gasteiger partial charge in [-0.05, 0) is 96.1 Å². The van der Waals surface area contributed by atoms with E-state index in [1.54, 1.807) is 53.7 Å². The first-order chi connectivity index (χ1) is 43.9. The maximum Gasteiger partial charge on any atom is 0.407 e. The molecule has 0 aromatic heterocycles. The van der Waals surface area contributed by atoms with E-state index in [0.717, 1.165) is 12.7 Å². The lowest BCUT2D eigenvalue weighted by Crippen LogP contribution is -2.65. The van der Waals surface area contributed by atoms with Crippen LogP contribution in [0.3, 0.4) is 0 Å². The Bertz CT molecular complexity index is 2880. The Balaban J connectivity index is 0.943. The zero-order valence-electron chi connectivity index (χ0n) is 55.9. The number of esters is 1. The average molecular weight is 1320 g/mol. The van der Waals surface area contributed by atoms with Crippen molar-refractivity contribution in [2.45, 2.75) is 275 Å². The number of methoxy groups -OCH3 is 2. The number of nitro groups is 1. The van der Waals surface area contributed by atoms with Gasteiger partial charge in [0.25, 0.3) is 0 Å². The number of nitrogens with zero attached hydrogens (tertiary/aromatic N) is 1. The number of rotatable bonds is 14. The van der Waals surface area contributed by atoms with Gasteiger partial charge in [-0.25, -0.2) is 9.59 Å². The molecule has 93 heavy (non-hydrogen) atoms. The summed E-state index contributed by atoms with van der Waals surface area (Å²) >= 11 is 0. The minimum absolute atomic E-state index is 0.00999. The van der Waals surface area contributed by atoms with Gasteiger partial charge >= 0.3 is 12.1 Å². The van der Waals surface area contributed by atoms with Crippen molar-refractivity contribution in [3.05, 3.63) is 68.5 Å². The van der Waals surface area contributed by atoms with Crippen LogP contribution < -0.4 is 5.32 Å². The summed E-state index contributed by atoms with van der Waals surface area (Å²) in [4.78, 5) is 55.4. The zero-order chi connectivity index (χ0) is 67.7. The number of aliphatic hydroxyl groups excluding tert-OH is 6. The van der Waals surface area contributed by atoms with Gasteiger partial charge in [-0.15, -0.1) is 0 Å². The monoisotopic (exact) mass is 1320 g/mol. The number of aliphatic hydroxyl groups is 6. The molecule has 6 saturated heterocycles. The van der Waals surface area contributed by atoms with Gasteiger partial charge in [-0.2, -0.15) is 0 Å². The molecule has 2 bridgehead atoms. The van der Waals surface area contributed by atoms with Crippen molar-refractivity contribution < 1.29 is 112 Å². The number of hydrogen-bond donors (Lipinski definition) is 7. The normalized spacial score (nSPS) is 49.9. The minimum atomic E-state index is -1.84. The summed E-state index contributed by atoms with van der Waals surface area (Å²) in [5.74, 6) is -5.33. The highest BCUT2D eigenvalue weighted by molar-refractivity contribution is 6.26. The number of carbonyl (C=O) groups excluding carboxylic acids is 3. The molecule has 7 N–H and O–H groups in total. The second kappa shape index (κ2) is 28.3. The van der Waals surface area contributed by atoms with Crippen LogP contribution in [0, 0.1) is 57.0 Å². The quantitative estimate of drug-likeness (QED) is 0.0373. The fourth-order valence-corrected chi connectivity index (χ4v) is 17.2. The predicted molar refractivity (Wildman–Crippen MR) is 327 cm³/mol. The van der Waals surface area contributed by atoms with Crippen molar-refractivity contribution in [1.82, 2.24) is 5.32 Å². The highest BCUT2D eigenvalue weighted by Gasteiger charge is 2.64. The standard InChI is InChI=1S/C67H100N2O24/c1-29-15-18-45(88-52-27-65(11,69(79)80)60(38(10)87-52)68-64(78)82-14)30(2)20-40-21-39(28-70)33(5)26-67(40)62(76)53(63(77)93-67)61(75)66(12)42(29)17-16-41-54(66)31(3)19-32(4)57(41)91-51-24-46(56(74)35(7)84-51)89-50-25-47(90-48-22-43(71)55(73)34(6)83-48)59(37(9)86-50)92-49-23-44(72)58(81-13)36(8)85-49/h15-17,20-21,31-38,40-52,54-60,70-75H,18-19,22-28H2,1-14H3,(H,68,78)/b29-15-,30-20-,61-53-/t31-,32-,33+,34-,35-,36-,37-,38+,40+,41-,42-,43+,44+,45-,46+,47+,48-,49+,50-,51-,52-,54+,55-,56-,57-,58-,59-,60-,65-,66+,67-/m0/s1. The molecule has 7 fully saturated rings. The fourth-order valence-electron chi connectivity index (χ4n) is 17.2. The van der Waals surface area contributed by atoms with Crippen molar-refractivity contribution in [3.8, 4) is 0 Å². The molecule has 6 heterocycles. The molecule has 31 atom stereocenters. The van der Waals surface area contributed by atoms with Gasteiger partial charge in [0.1, 0.15) is 41.8 Å². The third kappa shape index (κ3) is 13.7. The molecule has 4 aliphatic carbocycles.